The molecule has 0 aromatic heterocycles. The van der Waals surface area contributed by atoms with Crippen molar-refractivity contribution in [2.45, 2.75) is 0 Å². The van der Waals surface area contributed by atoms with E-state index in [0.29, 0.717) is 0 Å². The first-order valence-corrected chi connectivity index (χ1v) is 0. The van der Waals surface area contributed by atoms with Gasteiger partial charge in [-0.25, -0.2) is 0 Å². The van der Waals surface area contributed by atoms with Crippen LogP contribution >= 0.6 is 0 Å². The fourth-order valence-electron chi connectivity index (χ4n) is 0. The molecule has 0 aromatic rings. The molecule has 44 valence electrons. The molecule has 3 nitrogen and oxygen atoms in total. The van der Waals surface area contributed by atoms with Crippen LogP contribution in [0.5, 0.6) is 0 Å². The number of hydrogen-bond acceptors (Lipinski definition) is 0. The Morgan fingerprint density at radius 3 is 0.444 bits per heavy atom. The molecule has 0 fully saturated rings. The second-order valence-corrected chi connectivity index (χ2v) is 0. The normalized spacial score (nSPS) is 0. The Morgan fingerprint density at radius 1 is 0.444 bits per heavy atom. The molecule has 0 unspecified atom stereocenters. The van der Waals surface area contributed by atoms with Gasteiger partial charge in [-0.05, 0) is 0 Å². The Morgan fingerprint density at radius 2 is 0.444 bits per heavy atom. The average molecular weight is 338 g/mol. The van der Waals surface area contributed by atoms with Gasteiger partial charge in [-0.15, -0.1) is 0 Å². The summed E-state index contributed by atoms with van der Waals surface area (Å²) < 4.78 is 0. The van der Waals surface area contributed by atoms with Crippen LogP contribution in [0.15, 0.2) is 0 Å². The summed E-state index contributed by atoms with van der Waals surface area (Å²) in [6.45, 7) is 0. The van der Waals surface area contributed by atoms with Crippen LogP contribution < -0.4 is 0 Å². The van der Waals surface area contributed by atoms with Gasteiger partial charge in [0.05, 0.1) is 0 Å². The SMILES string of the molecule is [AlH3].[AlH3].[MgH2].[MgH2].[O-2].[O-2].[O-2].[Y+3].[Y+3]. The van der Waals surface area contributed by atoms with Crippen molar-refractivity contribution >= 4 is 80.8 Å². The van der Waals surface area contributed by atoms with Gasteiger partial charge in [0, 0.05) is 0 Å². The summed E-state index contributed by atoms with van der Waals surface area (Å²) in [5.41, 5.74) is 0. The standard InChI is InChI=1S/2Al.2Mg.3O.2Y.10H/q;;;;3*-2;2*+3;;;;;;;;;;. The maximum Gasteiger partial charge on any atom is 3.00 e. The smallest absolute Gasteiger partial charge is 2.00 e. The van der Waals surface area contributed by atoms with E-state index in [4.69, 9.17) is 0 Å². The molecule has 9 heteroatoms. The van der Waals surface area contributed by atoms with E-state index in [1.807, 2.05) is 0 Å². The molecule has 0 spiro atoms. The number of rotatable bonds is 0. The fourth-order valence-corrected chi connectivity index (χ4v) is 0. The Balaban J connectivity index is 0. The first-order valence-electron chi connectivity index (χ1n) is 0. The van der Waals surface area contributed by atoms with E-state index in [0.717, 1.165) is 0 Å². The molecular weight excluding hydrogens is 328 g/mol. The van der Waals surface area contributed by atoms with Crippen LogP contribution in [0.3, 0.4) is 0 Å². The third-order valence-corrected chi connectivity index (χ3v) is 0. The Hall–Kier alpha value is 4.69. The predicted molar refractivity (Wildman–Crippen MR) is 39.0 cm³/mol. The quantitative estimate of drug-likeness (QED) is 0.399. The third kappa shape index (κ3) is 66.0. The molecule has 0 atom stereocenters. The molecule has 0 aromatic carbocycles. The summed E-state index contributed by atoms with van der Waals surface area (Å²) in [5, 5.41) is 0. The van der Waals surface area contributed by atoms with Crippen molar-refractivity contribution in [1.82, 2.24) is 0 Å². The van der Waals surface area contributed by atoms with E-state index in [2.05, 4.69) is 0 Å². The predicted octanol–water partition coefficient (Wildman–Crippen LogP) is -4.56. The van der Waals surface area contributed by atoms with Crippen molar-refractivity contribution in [2.75, 3.05) is 0 Å². The molecule has 0 aliphatic rings. The Labute approximate surface area is 159 Å². The Kier molecular flexibility index (Phi) is 880. The van der Waals surface area contributed by atoms with Crippen LogP contribution in [0.2, 0.25) is 0 Å². The van der Waals surface area contributed by atoms with Gasteiger partial charge in [0.25, 0.3) is 0 Å². The molecule has 0 heterocycles. The van der Waals surface area contributed by atoms with Gasteiger partial charge in [0.1, 0.15) is 0 Å². The maximum absolute atomic E-state index is 0. The van der Waals surface area contributed by atoms with Crippen LogP contribution in [-0.4, -0.2) is 80.8 Å². The second-order valence-electron chi connectivity index (χ2n) is 0. The first-order chi connectivity index (χ1) is 0. The van der Waals surface area contributed by atoms with Crippen molar-refractivity contribution in [2.24, 2.45) is 0 Å². The molecule has 9 heavy (non-hydrogen) atoms. The minimum atomic E-state index is 0. The molecule has 0 radical (unpaired) electrons. The number of hydrogen-bond donors (Lipinski definition) is 0. The van der Waals surface area contributed by atoms with E-state index in [-0.39, 0.29) is 163 Å². The maximum atomic E-state index is 0. The summed E-state index contributed by atoms with van der Waals surface area (Å²) in [6.07, 6.45) is 0. The van der Waals surface area contributed by atoms with Crippen LogP contribution in [0.1, 0.15) is 0 Å². The van der Waals surface area contributed by atoms with E-state index >= 15 is 0 Å². The van der Waals surface area contributed by atoms with Gasteiger partial charge in [-0.3, -0.25) is 0 Å². The van der Waals surface area contributed by atoms with Gasteiger partial charge < -0.3 is 16.4 Å². The van der Waals surface area contributed by atoms with Crippen LogP contribution in [0.25, 0.3) is 0 Å². The zero-order valence-electron chi connectivity index (χ0n) is 2.38. The van der Waals surface area contributed by atoms with E-state index < -0.39 is 0 Å². The van der Waals surface area contributed by atoms with Crippen molar-refractivity contribution in [3.05, 3.63) is 0 Å². The van der Waals surface area contributed by atoms with Crippen molar-refractivity contribution in [1.29, 1.82) is 0 Å². The van der Waals surface area contributed by atoms with Crippen molar-refractivity contribution < 1.29 is 81.8 Å². The van der Waals surface area contributed by atoms with Crippen LogP contribution in [0, 0.1) is 0 Å². The minimum Gasteiger partial charge on any atom is -2.00 e. The summed E-state index contributed by atoms with van der Waals surface area (Å²) in [4.78, 5) is 0. The summed E-state index contributed by atoms with van der Waals surface area (Å²) in [7, 11) is 0. The zero-order valence-corrected chi connectivity index (χ0v) is 8.06. The summed E-state index contributed by atoms with van der Waals surface area (Å²) in [5.74, 6) is 0. The van der Waals surface area contributed by atoms with Gasteiger partial charge >= 0.3 is 112 Å². The largest absolute Gasteiger partial charge is 3.00 e. The van der Waals surface area contributed by atoms with E-state index in [1.54, 1.807) is 0 Å². The Bertz CT molecular complexity index is 17.8. The average Bonchev–Trinajstić information content (AvgIpc) is 0. The van der Waals surface area contributed by atoms with Crippen molar-refractivity contribution in [3.63, 3.8) is 0 Å². The molecule has 0 amide bonds. The molecular formula is H10Al2Mg2O3Y2. The van der Waals surface area contributed by atoms with Gasteiger partial charge in [0.15, 0.2) is 34.7 Å². The molecule has 0 N–H and O–H groups in total. The van der Waals surface area contributed by atoms with Crippen LogP contribution in [-0.2, 0) is 81.8 Å². The first kappa shape index (κ1) is 100. The van der Waals surface area contributed by atoms with Gasteiger partial charge in [0.2, 0.25) is 0 Å². The molecule has 0 aliphatic heterocycles. The van der Waals surface area contributed by atoms with E-state index in [9.17, 15) is 0 Å². The minimum absolute atomic E-state index is 0. The molecule has 0 bridgehead atoms. The summed E-state index contributed by atoms with van der Waals surface area (Å²) >= 11 is 0. The molecule has 0 saturated heterocycles. The van der Waals surface area contributed by atoms with Crippen molar-refractivity contribution in [3.8, 4) is 0 Å². The molecule has 0 rings (SSSR count). The molecule has 0 saturated carbocycles. The van der Waals surface area contributed by atoms with E-state index in [1.165, 1.54) is 0 Å². The topological polar surface area (TPSA) is 85.5 Å². The third-order valence-electron chi connectivity index (χ3n) is 0. The second kappa shape index (κ2) is 78.9. The zero-order chi connectivity index (χ0) is 0. The molecule has 0 aliphatic carbocycles. The fraction of sp³-hybridized carbons (Fsp3) is 0. The summed E-state index contributed by atoms with van der Waals surface area (Å²) in [6, 6.07) is 0. The monoisotopic (exact) mass is 338 g/mol. The van der Waals surface area contributed by atoms with Gasteiger partial charge in [-0.1, -0.05) is 0 Å². The van der Waals surface area contributed by atoms with Gasteiger partial charge in [-0.2, -0.15) is 0 Å². The van der Waals surface area contributed by atoms with Crippen LogP contribution in [0.4, 0.5) is 0 Å².